The van der Waals surface area contributed by atoms with Gasteiger partial charge in [-0.3, -0.25) is 4.79 Å². The summed E-state index contributed by atoms with van der Waals surface area (Å²) in [7, 11) is 1.74. The molecule has 0 saturated carbocycles. The maximum Gasteiger partial charge on any atom is 0.144 e. The van der Waals surface area contributed by atoms with Crippen molar-refractivity contribution < 1.29 is 4.79 Å². The molecule has 0 aromatic carbocycles. The average molecular weight is 85.1 g/mol. The lowest BCUT2D eigenvalue weighted by Gasteiger charge is -1.74. The Morgan fingerprint density at radius 2 is 2.33 bits per heavy atom. The molecule has 0 spiro atoms. The molecule has 1 N–H and O–H groups in total. The van der Waals surface area contributed by atoms with Gasteiger partial charge in [-0.25, -0.2) is 0 Å². The van der Waals surface area contributed by atoms with Crippen molar-refractivity contribution in [2.45, 2.75) is 0 Å². The molecular weight excluding hydrogens is 78.0 g/mol. The van der Waals surface area contributed by atoms with Crippen molar-refractivity contribution >= 4 is 6.29 Å². The molecule has 0 rings (SSSR count). The highest BCUT2D eigenvalue weighted by molar-refractivity contribution is 5.64. The number of carbonyl (C=O) groups excluding carboxylic acids is 1. The summed E-state index contributed by atoms with van der Waals surface area (Å²) in [5.74, 6) is 0. The number of carbonyl (C=O) groups is 1. The molecule has 2 heteroatoms. The summed E-state index contributed by atoms with van der Waals surface area (Å²) in [5, 5.41) is 2.66. The number of nitrogens with one attached hydrogen (secondary N) is 1. The van der Waals surface area contributed by atoms with E-state index in [9.17, 15) is 4.79 Å². The van der Waals surface area contributed by atoms with E-state index in [4.69, 9.17) is 0 Å². The number of aldehydes is 1. The van der Waals surface area contributed by atoms with Gasteiger partial charge in [0.05, 0.1) is 0 Å². The van der Waals surface area contributed by atoms with E-state index in [1.807, 2.05) is 0 Å². The lowest BCUT2D eigenvalue weighted by molar-refractivity contribution is -0.104. The predicted octanol–water partition coefficient (Wildman–Crippen LogP) is -0.0816. The van der Waals surface area contributed by atoms with Crippen molar-refractivity contribution in [3.8, 4) is 0 Å². The first-order valence-corrected chi connectivity index (χ1v) is 1.69. The second-order valence-electron chi connectivity index (χ2n) is 0.784. The van der Waals surface area contributed by atoms with E-state index in [-0.39, 0.29) is 0 Å². The summed E-state index contributed by atoms with van der Waals surface area (Å²) in [6.45, 7) is 0. The molecular formula is C4H7NO. The van der Waals surface area contributed by atoms with E-state index in [1.165, 1.54) is 6.08 Å². The zero-order chi connectivity index (χ0) is 4.83. The lowest BCUT2D eigenvalue weighted by Crippen LogP contribution is -1.90. The van der Waals surface area contributed by atoms with Crippen LogP contribution >= 0.6 is 0 Å². The molecule has 0 heterocycles. The molecule has 34 valence electrons. The quantitative estimate of drug-likeness (QED) is 0.375. The van der Waals surface area contributed by atoms with Crippen LogP contribution < -0.4 is 5.32 Å². The first-order chi connectivity index (χ1) is 2.91. The van der Waals surface area contributed by atoms with E-state index in [2.05, 4.69) is 5.32 Å². The maximum absolute atomic E-state index is 9.44. The number of hydrogen-bond acceptors (Lipinski definition) is 2. The molecule has 0 aliphatic rings. The maximum atomic E-state index is 9.44. The second-order valence-corrected chi connectivity index (χ2v) is 0.784. The first-order valence-electron chi connectivity index (χ1n) is 1.69. The Bertz CT molecular complexity index is 58.6. The van der Waals surface area contributed by atoms with E-state index in [0.717, 1.165) is 6.29 Å². The fourth-order valence-corrected chi connectivity index (χ4v) is 0.136. The van der Waals surface area contributed by atoms with Crippen molar-refractivity contribution in [2.24, 2.45) is 0 Å². The monoisotopic (exact) mass is 85.1 g/mol. The number of rotatable bonds is 2. The zero-order valence-electron chi connectivity index (χ0n) is 3.64. The van der Waals surface area contributed by atoms with Gasteiger partial charge in [0.2, 0.25) is 0 Å². The van der Waals surface area contributed by atoms with Gasteiger partial charge >= 0.3 is 0 Å². The molecule has 0 aromatic heterocycles. The van der Waals surface area contributed by atoms with Crippen LogP contribution in [0.1, 0.15) is 0 Å². The third-order valence-corrected chi connectivity index (χ3v) is 0.341. The van der Waals surface area contributed by atoms with Gasteiger partial charge in [0.1, 0.15) is 6.29 Å². The van der Waals surface area contributed by atoms with Gasteiger partial charge in [-0.1, -0.05) is 0 Å². The largest absolute Gasteiger partial charge is 0.394 e. The normalized spacial score (nSPS) is 8.83. The van der Waals surface area contributed by atoms with Gasteiger partial charge in [-0.2, -0.15) is 0 Å². The van der Waals surface area contributed by atoms with Crippen molar-refractivity contribution in [1.29, 1.82) is 0 Å². The van der Waals surface area contributed by atoms with Gasteiger partial charge in [0.15, 0.2) is 0 Å². The minimum absolute atomic E-state index is 0.719. The Balaban J connectivity index is 2.94. The Morgan fingerprint density at radius 1 is 1.67 bits per heavy atom. The summed E-state index contributed by atoms with van der Waals surface area (Å²) in [6, 6.07) is 0. The molecule has 0 aromatic rings. The standard InChI is InChI=1S/C4H7NO/c1-5-3-2-4-6/h2-5H,1H3/b3-2-. The zero-order valence-corrected chi connectivity index (χ0v) is 3.64. The molecule has 0 bridgehead atoms. The van der Waals surface area contributed by atoms with Gasteiger partial charge in [0, 0.05) is 7.05 Å². The van der Waals surface area contributed by atoms with Crippen LogP contribution in [0.25, 0.3) is 0 Å². The predicted molar refractivity (Wildman–Crippen MR) is 24.3 cm³/mol. The van der Waals surface area contributed by atoms with Crippen LogP contribution in [0.4, 0.5) is 0 Å². The Kier molecular flexibility index (Phi) is 3.66. The molecule has 0 aliphatic carbocycles. The average Bonchev–Trinajstić information content (AvgIpc) is 1.61. The SMILES string of the molecule is CN/C=C\C=O. The topological polar surface area (TPSA) is 29.1 Å². The van der Waals surface area contributed by atoms with Crippen LogP contribution in [0.2, 0.25) is 0 Å². The third-order valence-electron chi connectivity index (χ3n) is 0.341. The summed E-state index contributed by atoms with van der Waals surface area (Å²) in [6.07, 6.45) is 3.67. The van der Waals surface area contributed by atoms with Crippen LogP contribution in [0.15, 0.2) is 12.3 Å². The van der Waals surface area contributed by atoms with E-state index in [1.54, 1.807) is 13.2 Å². The Labute approximate surface area is 36.9 Å². The summed E-state index contributed by atoms with van der Waals surface area (Å²) in [4.78, 5) is 9.44. The molecule has 6 heavy (non-hydrogen) atoms. The Hall–Kier alpha value is -0.790. The van der Waals surface area contributed by atoms with Crippen molar-refractivity contribution in [1.82, 2.24) is 5.32 Å². The molecule has 0 aliphatic heterocycles. The lowest BCUT2D eigenvalue weighted by atomic mass is 10.7. The molecule has 0 atom stereocenters. The molecule has 0 unspecified atom stereocenters. The van der Waals surface area contributed by atoms with Gasteiger partial charge in [0.25, 0.3) is 0 Å². The molecule has 0 radical (unpaired) electrons. The Morgan fingerprint density at radius 3 is 2.50 bits per heavy atom. The second kappa shape index (κ2) is 4.21. The van der Waals surface area contributed by atoms with E-state index < -0.39 is 0 Å². The van der Waals surface area contributed by atoms with Gasteiger partial charge in [-0.05, 0) is 12.3 Å². The molecule has 0 amide bonds. The smallest absolute Gasteiger partial charge is 0.144 e. The number of hydrogen-bond donors (Lipinski definition) is 1. The highest BCUT2D eigenvalue weighted by atomic mass is 16.1. The minimum Gasteiger partial charge on any atom is -0.394 e. The van der Waals surface area contributed by atoms with Crippen molar-refractivity contribution in [3.63, 3.8) is 0 Å². The van der Waals surface area contributed by atoms with E-state index in [0.29, 0.717) is 0 Å². The summed E-state index contributed by atoms with van der Waals surface area (Å²) in [5.41, 5.74) is 0. The van der Waals surface area contributed by atoms with Gasteiger partial charge in [-0.15, -0.1) is 0 Å². The van der Waals surface area contributed by atoms with Crippen LogP contribution in [0, 0.1) is 0 Å². The van der Waals surface area contributed by atoms with E-state index >= 15 is 0 Å². The molecule has 0 saturated heterocycles. The minimum atomic E-state index is 0.719. The molecule has 2 nitrogen and oxygen atoms in total. The van der Waals surface area contributed by atoms with Crippen LogP contribution in [0.5, 0.6) is 0 Å². The van der Waals surface area contributed by atoms with Crippen molar-refractivity contribution in [2.75, 3.05) is 7.05 Å². The van der Waals surface area contributed by atoms with Gasteiger partial charge < -0.3 is 5.32 Å². The highest BCUT2D eigenvalue weighted by Gasteiger charge is 1.54. The fraction of sp³-hybridized carbons (Fsp3) is 0.250. The van der Waals surface area contributed by atoms with Crippen LogP contribution in [-0.4, -0.2) is 13.3 Å². The van der Waals surface area contributed by atoms with Crippen LogP contribution in [-0.2, 0) is 4.79 Å². The summed E-state index contributed by atoms with van der Waals surface area (Å²) < 4.78 is 0. The summed E-state index contributed by atoms with van der Waals surface area (Å²) >= 11 is 0. The third kappa shape index (κ3) is 3.21. The van der Waals surface area contributed by atoms with Crippen LogP contribution in [0.3, 0.4) is 0 Å². The number of allylic oxidation sites excluding steroid dienone is 1. The first kappa shape index (κ1) is 5.21. The highest BCUT2D eigenvalue weighted by Crippen LogP contribution is 1.51. The van der Waals surface area contributed by atoms with Crippen molar-refractivity contribution in [3.05, 3.63) is 12.3 Å². The molecule has 0 fully saturated rings. The fourth-order valence-electron chi connectivity index (χ4n) is 0.136.